The van der Waals surface area contributed by atoms with E-state index in [1.807, 2.05) is 0 Å². The minimum Gasteiger partial charge on any atom is -0.329 e. The lowest BCUT2D eigenvalue weighted by atomic mass is 9.90. The Morgan fingerprint density at radius 1 is 1.42 bits per heavy atom. The van der Waals surface area contributed by atoms with Crippen LogP contribution >= 0.6 is 0 Å². The maximum absolute atomic E-state index is 5.98. The smallest absolute Gasteiger partial charge is 0.0625 e. The molecule has 4 nitrogen and oxygen atoms in total. The van der Waals surface area contributed by atoms with Crippen LogP contribution in [-0.2, 0) is 19.5 Å². The van der Waals surface area contributed by atoms with Crippen LogP contribution in [0.2, 0.25) is 0 Å². The van der Waals surface area contributed by atoms with Gasteiger partial charge in [0.2, 0.25) is 0 Å². The number of aromatic nitrogens is 2. The average molecular weight is 264 g/mol. The zero-order valence-electron chi connectivity index (χ0n) is 12.6. The highest BCUT2D eigenvalue weighted by Gasteiger charge is 2.27. The van der Waals surface area contributed by atoms with Crippen molar-refractivity contribution < 1.29 is 0 Å². The first-order chi connectivity index (χ1) is 9.19. The Morgan fingerprint density at radius 3 is 2.84 bits per heavy atom. The predicted octanol–water partition coefficient (Wildman–Crippen LogP) is 2.02. The van der Waals surface area contributed by atoms with Crippen molar-refractivity contribution in [3.63, 3.8) is 0 Å². The third-order valence-corrected chi connectivity index (χ3v) is 4.41. The van der Waals surface area contributed by atoms with Crippen molar-refractivity contribution in [1.82, 2.24) is 14.7 Å². The normalized spacial score (nSPS) is 24.8. The van der Waals surface area contributed by atoms with Gasteiger partial charge >= 0.3 is 0 Å². The molecular formula is C15H28N4. The van der Waals surface area contributed by atoms with Gasteiger partial charge in [-0.1, -0.05) is 13.8 Å². The lowest BCUT2D eigenvalue weighted by molar-refractivity contribution is 0.0962. The van der Waals surface area contributed by atoms with E-state index in [2.05, 4.69) is 41.5 Å². The molecule has 0 amide bonds. The van der Waals surface area contributed by atoms with E-state index in [0.29, 0.717) is 12.0 Å². The van der Waals surface area contributed by atoms with Crippen LogP contribution in [0.5, 0.6) is 0 Å². The molecule has 1 aliphatic heterocycles. The summed E-state index contributed by atoms with van der Waals surface area (Å²) in [6, 6.07) is 2.79. The second kappa shape index (κ2) is 6.53. The van der Waals surface area contributed by atoms with Crippen molar-refractivity contribution in [2.45, 2.75) is 59.2 Å². The number of likely N-dealkylation sites (tertiary alicyclic amines) is 1. The van der Waals surface area contributed by atoms with E-state index in [4.69, 9.17) is 5.73 Å². The lowest BCUT2D eigenvalue weighted by Crippen LogP contribution is -2.48. The van der Waals surface area contributed by atoms with Gasteiger partial charge in [0.05, 0.1) is 11.4 Å². The number of hydrogen-bond acceptors (Lipinski definition) is 3. The summed E-state index contributed by atoms with van der Waals surface area (Å²) in [7, 11) is 0. The van der Waals surface area contributed by atoms with Crippen LogP contribution in [0.25, 0.3) is 0 Å². The largest absolute Gasteiger partial charge is 0.329 e. The molecule has 108 valence electrons. The standard InChI is InChI=1S/C15H28N4/c1-4-13-9-14(19(5-2)17-13)11-18-8-6-7-12(3)15(18)10-16/h9,12,15H,4-8,10-11,16H2,1-3H3. The summed E-state index contributed by atoms with van der Waals surface area (Å²) in [5.41, 5.74) is 8.52. The maximum Gasteiger partial charge on any atom is 0.0625 e. The minimum absolute atomic E-state index is 0.527. The van der Waals surface area contributed by atoms with Crippen molar-refractivity contribution in [1.29, 1.82) is 0 Å². The SMILES string of the molecule is CCc1cc(CN2CCCC(C)C2CN)n(CC)n1. The number of rotatable bonds is 5. The molecular weight excluding hydrogens is 236 g/mol. The summed E-state index contributed by atoms with van der Waals surface area (Å²) < 4.78 is 2.14. The van der Waals surface area contributed by atoms with Gasteiger partial charge < -0.3 is 5.73 Å². The van der Waals surface area contributed by atoms with Crippen LogP contribution in [-0.4, -0.2) is 33.8 Å². The van der Waals surface area contributed by atoms with Gasteiger partial charge in [0.25, 0.3) is 0 Å². The third-order valence-electron chi connectivity index (χ3n) is 4.41. The highest BCUT2D eigenvalue weighted by Crippen LogP contribution is 2.24. The van der Waals surface area contributed by atoms with Gasteiger partial charge in [-0.3, -0.25) is 9.58 Å². The van der Waals surface area contributed by atoms with Gasteiger partial charge in [0.1, 0.15) is 0 Å². The van der Waals surface area contributed by atoms with Gasteiger partial charge in [-0.05, 0) is 44.7 Å². The molecule has 2 heterocycles. The quantitative estimate of drug-likeness (QED) is 0.885. The summed E-state index contributed by atoms with van der Waals surface area (Å²) in [4.78, 5) is 2.55. The fourth-order valence-corrected chi connectivity index (χ4v) is 3.21. The van der Waals surface area contributed by atoms with Gasteiger partial charge in [-0.25, -0.2) is 0 Å². The molecule has 0 radical (unpaired) electrons. The number of nitrogens with two attached hydrogens (primary N) is 1. The Morgan fingerprint density at radius 2 is 2.21 bits per heavy atom. The number of aryl methyl sites for hydroxylation is 2. The van der Waals surface area contributed by atoms with E-state index in [9.17, 15) is 0 Å². The molecule has 0 bridgehead atoms. The topological polar surface area (TPSA) is 47.1 Å². The van der Waals surface area contributed by atoms with Gasteiger partial charge in [0.15, 0.2) is 0 Å². The Hall–Kier alpha value is -0.870. The van der Waals surface area contributed by atoms with Crippen molar-refractivity contribution in [2.75, 3.05) is 13.1 Å². The molecule has 2 unspecified atom stereocenters. The van der Waals surface area contributed by atoms with Crippen LogP contribution < -0.4 is 5.73 Å². The Kier molecular flexibility index (Phi) is 4.99. The molecule has 2 rings (SSSR count). The van der Waals surface area contributed by atoms with E-state index in [1.54, 1.807) is 0 Å². The molecule has 0 spiro atoms. The molecule has 0 saturated carbocycles. The number of piperidine rings is 1. The zero-order valence-corrected chi connectivity index (χ0v) is 12.6. The first kappa shape index (κ1) is 14.5. The maximum atomic E-state index is 5.98. The van der Waals surface area contributed by atoms with Crippen molar-refractivity contribution in [2.24, 2.45) is 11.7 Å². The molecule has 1 saturated heterocycles. The summed E-state index contributed by atoms with van der Waals surface area (Å²) in [5, 5.41) is 4.64. The summed E-state index contributed by atoms with van der Waals surface area (Å²) in [6.07, 6.45) is 3.61. The Bertz CT molecular complexity index is 399. The molecule has 0 aliphatic carbocycles. The highest BCUT2D eigenvalue weighted by atomic mass is 15.3. The fraction of sp³-hybridized carbons (Fsp3) is 0.800. The first-order valence-electron chi connectivity index (χ1n) is 7.69. The van der Waals surface area contributed by atoms with Crippen LogP contribution in [0.3, 0.4) is 0 Å². The number of nitrogens with zero attached hydrogens (tertiary/aromatic N) is 3. The van der Waals surface area contributed by atoms with E-state index in [1.165, 1.54) is 30.8 Å². The molecule has 19 heavy (non-hydrogen) atoms. The van der Waals surface area contributed by atoms with Gasteiger partial charge in [0, 0.05) is 25.7 Å². The second-order valence-corrected chi connectivity index (χ2v) is 5.69. The van der Waals surface area contributed by atoms with Crippen molar-refractivity contribution in [3.05, 3.63) is 17.5 Å². The van der Waals surface area contributed by atoms with Crippen LogP contribution in [0.15, 0.2) is 6.07 Å². The molecule has 2 N–H and O–H groups in total. The fourth-order valence-electron chi connectivity index (χ4n) is 3.21. The van der Waals surface area contributed by atoms with Crippen LogP contribution in [0, 0.1) is 5.92 Å². The van der Waals surface area contributed by atoms with E-state index >= 15 is 0 Å². The molecule has 0 aromatic carbocycles. The third kappa shape index (κ3) is 3.18. The molecule has 1 aromatic rings. The zero-order chi connectivity index (χ0) is 13.8. The molecule has 4 heteroatoms. The molecule has 1 aromatic heterocycles. The summed E-state index contributed by atoms with van der Waals surface area (Å²) in [5.74, 6) is 0.711. The molecule has 1 fully saturated rings. The van der Waals surface area contributed by atoms with Gasteiger partial charge in [-0.15, -0.1) is 0 Å². The monoisotopic (exact) mass is 264 g/mol. The van der Waals surface area contributed by atoms with E-state index < -0.39 is 0 Å². The summed E-state index contributed by atoms with van der Waals surface area (Å²) in [6.45, 7) is 10.5. The van der Waals surface area contributed by atoms with Crippen molar-refractivity contribution in [3.8, 4) is 0 Å². The highest BCUT2D eigenvalue weighted by molar-refractivity contribution is 5.11. The van der Waals surface area contributed by atoms with Gasteiger partial charge in [-0.2, -0.15) is 5.10 Å². The number of hydrogen-bond donors (Lipinski definition) is 1. The van der Waals surface area contributed by atoms with E-state index in [-0.39, 0.29) is 0 Å². The molecule has 1 aliphatic rings. The van der Waals surface area contributed by atoms with Crippen LogP contribution in [0.4, 0.5) is 0 Å². The Labute approximate surface area is 117 Å². The van der Waals surface area contributed by atoms with Crippen molar-refractivity contribution >= 4 is 0 Å². The predicted molar refractivity (Wildman–Crippen MR) is 78.9 cm³/mol. The summed E-state index contributed by atoms with van der Waals surface area (Å²) >= 11 is 0. The van der Waals surface area contributed by atoms with E-state index in [0.717, 1.165) is 26.1 Å². The lowest BCUT2D eigenvalue weighted by Gasteiger charge is -2.39. The first-order valence-corrected chi connectivity index (χ1v) is 7.69. The average Bonchev–Trinajstić information content (AvgIpc) is 2.81. The van der Waals surface area contributed by atoms with Crippen LogP contribution in [0.1, 0.15) is 45.0 Å². The Balaban J connectivity index is 2.12. The molecule has 2 atom stereocenters. The minimum atomic E-state index is 0.527. The second-order valence-electron chi connectivity index (χ2n) is 5.69.